The fourth-order valence-corrected chi connectivity index (χ4v) is 3.95. The minimum absolute atomic E-state index is 0.0371. The van der Waals surface area contributed by atoms with Crippen molar-refractivity contribution >= 4 is 46.8 Å². The van der Waals surface area contributed by atoms with E-state index in [1.165, 1.54) is 18.3 Å². The predicted molar refractivity (Wildman–Crippen MR) is 94.4 cm³/mol. The molecule has 0 spiro atoms. The number of benzene rings is 1. The van der Waals surface area contributed by atoms with E-state index in [4.69, 9.17) is 11.6 Å². The van der Waals surface area contributed by atoms with Gasteiger partial charge in [0.25, 0.3) is 0 Å². The highest BCUT2D eigenvalue weighted by Crippen LogP contribution is 2.39. The summed E-state index contributed by atoms with van der Waals surface area (Å²) in [4.78, 5) is 40.7. The zero-order valence-corrected chi connectivity index (χ0v) is 15.3. The Morgan fingerprint density at radius 3 is 2.64 bits per heavy atom. The summed E-state index contributed by atoms with van der Waals surface area (Å²) in [6.45, 7) is 0. The molecule has 1 aliphatic rings. The van der Waals surface area contributed by atoms with Crippen LogP contribution >= 0.6 is 23.4 Å². The Morgan fingerprint density at radius 2 is 2.00 bits per heavy atom. The highest BCUT2D eigenvalue weighted by molar-refractivity contribution is 8.00. The van der Waals surface area contributed by atoms with Gasteiger partial charge in [-0.3, -0.25) is 9.59 Å². The van der Waals surface area contributed by atoms with Crippen LogP contribution in [0.15, 0.2) is 41.6 Å². The largest absolute Gasteiger partial charge is 0.478 e. The second kappa shape index (κ2) is 7.44. The molecule has 3 rings (SSSR count). The Kier molecular flexibility index (Phi) is 5.35. The van der Waals surface area contributed by atoms with E-state index in [-0.39, 0.29) is 22.7 Å². The van der Waals surface area contributed by atoms with Gasteiger partial charge < -0.3 is 5.11 Å². The van der Waals surface area contributed by atoms with E-state index < -0.39 is 39.8 Å². The molecular formula is C17H10ClF3N2O4S. The molecule has 0 bridgehead atoms. The maximum Gasteiger partial charge on any atom is 0.417 e. The molecule has 6 nitrogen and oxygen atoms in total. The summed E-state index contributed by atoms with van der Waals surface area (Å²) in [7, 11) is 0. The molecule has 0 radical (unpaired) electrons. The van der Waals surface area contributed by atoms with Crippen LogP contribution in [0.4, 0.5) is 18.9 Å². The fourth-order valence-electron chi connectivity index (χ4n) is 2.62. The molecule has 1 aromatic heterocycles. The molecule has 0 aliphatic carbocycles. The minimum Gasteiger partial charge on any atom is -0.478 e. The lowest BCUT2D eigenvalue weighted by Crippen LogP contribution is -2.31. The first-order valence-corrected chi connectivity index (χ1v) is 8.94. The molecule has 11 heteroatoms. The zero-order chi connectivity index (χ0) is 20.6. The first kappa shape index (κ1) is 20.2. The van der Waals surface area contributed by atoms with Gasteiger partial charge in [-0.15, -0.1) is 0 Å². The smallest absolute Gasteiger partial charge is 0.417 e. The van der Waals surface area contributed by atoms with E-state index in [1.54, 1.807) is 0 Å². The number of amides is 2. The van der Waals surface area contributed by atoms with Gasteiger partial charge in [0.05, 0.1) is 27.1 Å². The zero-order valence-electron chi connectivity index (χ0n) is 13.7. The highest BCUT2D eigenvalue weighted by atomic mass is 35.5. The third-order valence-electron chi connectivity index (χ3n) is 3.87. The van der Waals surface area contributed by atoms with Gasteiger partial charge in [0.15, 0.2) is 0 Å². The Labute approximate surface area is 165 Å². The van der Waals surface area contributed by atoms with Gasteiger partial charge in [0, 0.05) is 12.6 Å². The lowest BCUT2D eigenvalue weighted by atomic mass is 10.2. The maximum atomic E-state index is 13.1. The Balaban J connectivity index is 1.90. The quantitative estimate of drug-likeness (QED) is 0.741. The van der Waals surface area contributed by atoms with Crippen LogP contribution in [0.1, 0.15) is 22.3 Å². The average molecular weight is 431 g/mol. The molecule has 1 saturated heterocycles. The summed E-state index contributed by atoms with van der Waals surface area (Å²) in [5, 5.41) is 7.66. The second-order valence-corrected chi connectivity index (χ2v) is 7.30. The second-order valence-electron chi connectivity index (χ2n) is 5.70. The number of hydrogen-bond acceptors (Lipinski definition) is 5. The summed E-state index contributed by atoms with van der Waals surface area (Å²) in [5.74, 6) is -2.71. The topological polar surface area (TPSA) is 87.6 Å². The van der Waals surface area contributed by atoms with Gasteiger partial charge in [0.1, 0.15) is 5.03 Å². The van der Waals surface area contributed by atoms with E-state index in [0.717, 1.165) is 23.9 Å². The van der Waals surface area contributed by atoms with E-state index in [0.29, 0.717) is 11.0 Å². The number of anilines is 1. The number of carbonyl (C=O) groups excluding carboxylic acids is 2. The maximum absolute atomic E-state index is 13.1. The summed E-state index contributed by atoms with van der Waals surface area (Å²) < 4.78 is 39.2. The van der Waals surface area contributed by atoms with E-state index >= 15 is 0 Å². The van der Waals surface area contributed by atoms with Crippen LogP contribution in [-0.4, -0.2) is 33.1 Å². The standard InChI is InChI=1S/C17H10ClF3N2O4S/c18-11-4-3-8(6-10(11)17(19,20)21)23-13(24)7-12(15(23)25)28-14-9(16(26)27)2-1-5-22-14/h1-6,12H,7H2,(H,26,27). The molecule has 2 heterocycles. The Hall–Kier alpha value is -2.59. The minimum atomic E-state index is -4.75. The number of pyridine rings is 1. The summed E-state index contributed by atoms with van der Waals surface area (Å²) in [6.07, 6.45) is -3.72. The van der Waals surface area contributed by atoms with Crippen LogP contribution in [-0.2, 0) is 15.8 Å². The summed E-state index contributed by atoms with van der Waals surface area (Å²) in [6, 6.07) is 5.44. The monoisotopic (exact) mass is 430 g/mol. The third kappa shape index (κ3) is 3.83. The van der Waals surface area contributed by atoms with E-state index in [2.05, 4.69) is 4.98 Å². The number of rotatable bonds is 4. The first-order valence-electron chi connectivity index (χ1n) is 7.68. The number of aromatic carboxylic acids is 1. The number of aromatic nitrogens is 1. The van der Waals surface area contributed by atoms with E-state index in [9.17, 15) is 32.7 Å². The lowest BCUT2D eigenvalue weighted by Gasteiger charge is -2.17. The van der Waals surface area contributed by atoms with Crippen molar-refractivity contribution in [3.8, 4) is 0 Å². The van der Waals surface area contributed by atoms with Gasteiger partial charge in [-0.1, -0.05) is 23.4 Å². The van der Waals surface area contributed by atoms with Gasteiger partial charge in [-0.25, -0.2) is 14.7 Å². The van der Waals surface area contributed by atoms with Crippen molar-refractivity contribution in [2.75, 3.05) is 4.90 Å². The third-order valence-corrected chi connectivity index (χ3v) is 5.41. The molecule has 2 amide bonds. The number of alkyl halides is 3. The molecule has 146 valence electrons. The molecule has 1 atom stereocenters. The number of imide groups is 1. The number of carbonyl (C=O) groups is 3. The Bertz CT molecular complexity index is 983. The molecule has 28 heavy (non-hydrogen) atoms. The number of nitrogens with zero attached hydrogens (tertiary/aromatic N) is 2. The van der Waals surface area contributed by atoms with Crippen LogP contribution in [0.25, 0.3) is 0 Å². The highest BCUT2D eigenvalue weighted by Gasteiger charge is 2.42. The number of halogens is 4. The van der Waals surface area contributed by atoms with Gasteiger partial charge >= 0.3 is 12.1 Å². The van der Waals surface area contributed by atoms with Crippen LogP contribution < -0.4 is 4.90 Å². The van der Waals surface area contributed by atoms with Crippen molar-refractivity contribution in [1.82, 2.24) is 4.98 Å². The molecular weight excluding hydrogens is 421 g/mol. The van der Waals surface area contributed by atoms with Crippen LogP contribution in [0.5, 0.6) is 0 Å². The summed E-state index contributed by atoms with van der Waals surface area (Å²) >= 11 is 6.34. The molecule has 1 aromatic carbocycles. The predicted octanol–water partition coefficient (Wildman–Crippen LogP) is 3.88. The van der Waals surface area contributed by atoms with E-state index in [1.807, 2.05) is 0 Å². The molecule has 1 aliphatic heterocycles. The number of thioether (sulfide) groups is 1. The first-order chi connectivity index (χ1) is 13.1. The van der Waals surface area contributed by atoms with Gasteiger partial charge in [0.2, 0.25) is 11.8 Å². The van der Waals surface area contributed by atoms with Crippen LogP contribution in [0, 0.1) is 0 Å². The van der Waals surface area contributed by atoms with Crippen molar-refractivity contribution in [3.63, 3.8) is 0 Å². The van der Waals surface area contributed by atoms with Crippen molar-refractivity contribution in [2.24, 2.45) is 0 Å². The van der Waals surface area contributed by atoms with Gasteiger partial charge in [-0.05, 0) is 30.3 Å². The van der Waals surface area contributed by atoms with Crippen molar-refractivity contribution in [2.45, 2.75) is 22.9 Å². The van der Waals surface area contributed by atoms with Crippen molar-refractivity contribution < 1.29 is 32.7 Å². The van der Waals surface area contributed by atoms with Gasteiger partial charge in [-0.2, -0.15) is 13.2 Å². The Morgan fingerprint density at radius 1 is 1.29 bits per heavy atom. The molecule has 1 N–H and O–H groups in total. The lowest BCUT2D eigenvalue weighted by molar-refractivity contribution is -0.137. The number of hydrogen-bond donors (Lipinski definition) is 1. The van der Waals surface area contributed by atoms with Crippen molar-refractivity contribution in [3.05, 3.63) is 52.7 Å². The van der Waals surface area contributed by atoms with Crippen LogP contribution in [0.3, 0.4) is 0 Å². The van der Waals surface area contributed by atoms with Crippen LogP contribution in [0.2, 0.25) is 5.02 Å². The summed E-state index contributed by atoms with van der Waals surface area (Å²) in [5.41, 5.74) is -1.56. The fraction of sp³-hybridized carbons (Fsp3) is 0.176. The van der Waals surface area contributed by atoms with Crippen molar-refractivity contribution in [1.29, 1.82) is 0 Å². The number of carboxylic acids is 1. The molecule has 0 saturated carbocycles. The molecule has 1 fully saturated rings. The normalized spacial score (nSPS) is 17.3. The molecule has 2 aromatic rings. The average Bonchev–Trinajstić information content (AvgIpc) is 2.88. The number of carboxylic acid groups (broad SMARTS) is 1. The molecule has 1 unspecified atom stereocenters. The SMILES string of the molecule is O=C(O)c1cccnc1SC1CC(=O)N(c2ccc(Cl)c(C(F)(F)F)c2)C1=O.